The van der Waals surface area contributed by atoms with E-state index in [1.165, 1.54) is 0 Å². The summed E-state index contributed by atoms with van der Waals surface area (Å²) in [6, 6.07) is 5.58. The molecule has 0 saturated heterocycles. The van der Waals surface area contributed by atoms with Crippen molar-refractivity contribution >= 4 is 11.5 Å². The fourth-order valence-electron chi connectivity index (χ4n) is 1.70. The SMILES string of the molecule is CCCCN(C)c1cc(OC)ccc1C(=N)N. The Labute approximate surface area is 103 Å². The molecule has 1 aromatic rings. The van der Waals surface area contributed by atoms with E-state index in [2.05, 4.69) is 11.8 Å². The van der Waals surface area contributed by atoms with E-state index in [0.717, 1.165) is 36.4 Å². The molecular weight excluding hydrogens is 214 g/mol. The Hall–Kier alpha value is -1.71. The van der Waals surface area contributed by atoms with Gasteiger partial charge in [0.2, 0.25) is 0 Å². The lowest BCUT2D eigenvalue weighted by molar-refractivity contribution is 0.415. The van der Waals surface area contributed by atoms with Gasteiger partial charge in [0.15, 0.2) is 0 Å². The molecular formula is C13H21N3O. The average molecular weight is 235 g/mol. The van der Waals surface area contributed by atoms with Gasteiger partial charge >= 0.3 is 0 Å². The number of hydrogen-bond donors (Lipinski definition) is 2. The smallest absolute Gasteiger partial charge is 0.124 e. The highest BCUT2D eigenvalue weighted by Crippen LogP contribution is 2.25. The second-order valence-corrected chi connectivity index (χ2v) is 4.07. The van der Waals surface area contributed by atoms with Gasteiger partial charge in [-0.1, -0.05) is 13.3 Å². The van der Waals surface area contributed by atoms with Gasteiger partial charge in [0, 0.05) is 25.2 Å². The minimum absolute atomic E-state index is 0.0889. The number of amidine groups is 1. The Balaban J connectivity index is 3.03. The summed E-state index contributed by atoms with van der Waals surface area (Å²) in [5, 5.41) is 7.58. The minimum Gasteiger partial charge on any atom is -0.497 e. The molecule has 0 bridgehead atoms. The molecule has 0 amide bonds. The quantitative estimate of drug-likeness (QED) is 0.587. The Morgan fingerprint density at radius 1 is 1.47 bits per heavy atom. The molecule has 3 N–H and O–H groups in total. The zero-order valence-corrected chi connectivity index (χ0v) is 10.8. The molecule has 0 unspecified atom stereocenters. The maximum Gasteiger partial charge on any atom is 0.124 e. The molecule has 0 aromatic heterocycles. The molecule has 0 atom stereocenters. The molecule has 17 heavy (non-hydrogen) atoms. The summed E-state index contributed by atoms with van der Waals surface area (Å²) in [7, 11) is 3.65. The van der Waals surface area contributed by atoms with Gasteiger partial charge in [-0.3, -0.25) is 5.41 Å². The van der Waals surface area contributed by atoms with Crippen LogP contribution < -0.4 is 15.4 Å². The maximum absolute atomic E-state index is 7.58. The fourth-order valence-corrected chi connectivity index (χ4v) is 1.70. The van der Waals surface area contributed by atoms with Crippen molar-refractivity contribution in [3.63, 3.8) is 0 Å². The zero-order chi connectivity index (χ0) is 12.8. The number of rotatable bonds is 6. The molecule has 0 radical (unpaired) electrons. The van der Waals surface area contributed by atoms with Crippen LogP contribution in [-0.2, 0) is 0 Å². The number of methoxy groups -OCH3 is 1. The summed E-state index contributed by atoms with van der Waals surface area (Å²) in [6.45, 7) is 3.11. The van der Waals surface area contributed by atoms with E-state index in [1.807, 2.05) is 25.2 Å². The maximum atomic E-state index is 7.58. The van der Waals surface area contributed by atoms with Gasteiger partial charge in [-0.15, -0.1) is 0 Å². The predicted molar refractivity (Wildman–Crippen MR) is 72.2 cm³/mol. The summed E-state index contributed by atoms with van der Waals surface area (Å²) in [4.78, 5) is 2.11. The van der Waals surface area contributed by atoms with Gasteiger partial charge < -0.3 is 15.4 Å². The Morgan fingerprint density at radius 2 is 2.18 bits per heavy atom. The van der Waals surface area contributed by atoms with E-state index in [9.17, 15) is 0 Å². The number of nitrogens with two attached hydrogens (primary N) is 1. The molecule has 0 heterocycles. The van der Waals surface area contributed by atoms with Gasteiger partial charge in [-0.05, 0) is 18.6 Å². The Morgan fingerprint density at radius 3 is 2.71 bits per heavy atom. The third-order valence-electron chi connectivity index (χ3n) is 2.75. The molecule has 1 aromatic carbocycles. The molecule has 1 rings (SSSR count). The van der Waals surface area contributed by atoms with Crippen molar-refractivity contribution in [2.75, 3.05) is 25.6 Å². The lowest BCUT2D eigenvalue weighted by Crippen LogP contribution is -2.23. The van der Waals surface area contributed by atoms with Gasteiger partial charge in [-0.25, -0.2) is 0 Å². The molecule has 4 nitrogen and oxygen atoms in total. The first-order valence-corrected chi connectivity index (χ1v) is 5.83. The van der Waals surface area contributed by atoms with Crippen molar-refractivity contribution in [3.8, 4) is 5.75 Å². The van der Waals surface area contributed by atoms with Crippen molar-refractivity contribution in [2.24, 2.45) is 5.73 Å². The molecule has 94 valence electrons. The Kier molecular flexibility index (Phi) is 4.82. The molecule has 0 aliphatic heterocycles. The van der Waals surface area contributed by atoms with Crippen LogP contribution in [0.4, 0.5) is 5.69 Å². The van der Waals surface area contributed by atoms with E-state index in [1.54, 1.807) is 7.11 Å². The topological polar surface area (TPSA) is 62.3 Å². The highest BCUT2D eigenvalue weighted by molar-refractivity contribution is 6.00. The van der Waals surface area contributed by atoms with Crippen LogP contribution in [0.3, 0.4) is 0 Å². The van der Waals surface area contributed by atoms with Crippen molar-refractivity contribution in [1.82, 2.24) is 0 Å². The lowest BCUT2D eigenvalue weighted by atomic mass is 10.1. The van der Waals surface area contributed by atoms with Crippen LogP contribution >= 0.6 is 0 Å². The third-order valence-corrected chi connectivity index (χ3v) is 2.75. The molecule has 0 saturated carbocycles. The lowest BCUT2D eigenvalue weighted by Gasteiger charge is -2.22. The number of benzene rings is 1. The first-order valence-electron chi connectivity index (χ1n) is 5.83. The number of hydrogen-bond acceptors (Lipinski definition) is 3. The van der Waals surface area contributed by atoms with E-state index in [-0.39, 0.29) is 5.84 Å². The predicted octanol–water partition coefficient (Wildman–Crippen LogP) is 2.22. The normalized spacial score (nSPS) is 10.1. The first-order chi connectivity index (χ1) is 8.10. The number of nitrogens with one attached hydrogen (secondary N) is 1. The van der Waals surface area contributed by atoms with Crippen LogP contribution in [0.1, 0.15) is 25.3 Å². The van der Waals surface area contributed by atoms with Crippen LogP contribution in [0.2, 0.25) is 0 Å². The summed E-state index contributed by atoms with van der Waals surface area (Å²) in [6.07, 6.45) is 2.26. The van der Waals surface area contributed by atoms with Gasteiger partial charge in [-0.2, -0.15) is 0 Å². The van der Waals surface area contributed by atoms with Crippen LogP contribution in [0.25, 0.3) is 0 Å². The minimum atomic E-state index is 0.0889. The van der Waals surface area contributed by atoms with Crippen LogP contribution in [0.5, 0.6) is 5.75 Å². The largest absolute Gasteiger partial charge is 0.497 e. The molecule has 0 aliphatic carbocycles. The molecule has 4 heteroatoms. The summed E-state index contributed by atoms with van der Waals surface area (Å²) < 4.78 is 5.21. The number of unbranched alkanes of at least 4 members (excludes halogenated alkanes) is 1. The van der Waals surface area contributed by atoms with Crippen LogP contribution in [0.15, 0.2) is 18.2 Å². The van der Waals surface area contributed by atoms with Crippen molar-refractivity contribution in [2.45, 2.75) is 19.8 Å². The van der Waals surface area contributed by atoms with Gasteiger partial charge in [0.05, 0.1) is 12.8 Å². The van der Waals surface area contributed by atoms with Gasteiger partial charge in [0.1, 0.15) is 11.6 Å². The third kappa shape index (κ3) is 3.37. The fraction of sp³-hybridized carbons (Fsp3) is 0.462. The molecule has 0 fully saturated rings. The van der Waals surface area contributed by atoms with Crippen molar-refractivity contribution in [3.05, 3.63) is 23.8 Å². The van der Waals surface area contributed by atoms with E-state index in [0.29, 0.717) is 0 Å². The monoisotopic (exact) mass is 235 g/mol. The highest BCUT2D eigenvalue weighted by Gasteiger charge is 2.10. The first kappa shape index (κ1) is 13.4. The standard InChI is InChI=1S/C13H21N3O/c1-4-5-8-16(2)12-9-10(17-3)6-7-11(12)13(14)15/h6-7,9H,4-5,8H2,1-3H3,(H3,14,15). The number of anilines is 1. The summed E-state index contributed by atoms with van der Waals surface area (Å²) in [5.74, 6) is 0.874. The van der Waals surface area contributed by atoms with E-state index < -0.39 is 0 Å². The second-order valence-electron chi connectivity index (χ2n) is 4.07. The highest BCUT2D eigenvalue weighted by atomic mass is 16.5. The number of ether oxygens (including phenoxy) is 1. The molecule has 0 aliphatic rings. The zero-order valence-electron chi connectivity index (χ0n) is 10.8. The number of nitrogen functional groups attached to an aromatic ring is 1. The van der Waals surface area contributed by atoms with Crippen molar-refractivity contribution < 1.29 is 4.74 Å². The van der Waals surface area contributed by atoms with Crippen molar-refractivity contribution in [1.29, 1.82) is 5.41 Å². The van der Waals surface area contributed by atoms with E-state index in [4.69, 9.17) is 15.9 Å². The summed E-state index contributed by atoms with van der Waals surface area (Å²) in [5.41, 5.74) is 7.29. The average Bonchev–Trinajstić information content (AvgIpc) is 2.34. The van der Waals surface area contributed by atoms with E-state index >= 15 is 0 Å². The van der Waals surface area contributed by atoms with Crippen LogP contribution in [0, 0.1) is 5.41 Å². The number of nitrogens with zero attached hydrogens (tertiary/aromatic N) is 1. The summed E-state index contributed by atoms with van der Waals surface area (Å²) >= 11 is 0. The van der Waals surface area contributed by atoms with Gasteiger partial charge in [0.25, 0.3) is 0 Å². The van der Waals surface area contributed by atoms with Crippen LogP contribution in [-0.4, -0.2) is 26.5 Å². The second kappa shape index (κ2) is 6.13. The molecule has 0 spiro atoms. The Bertz CT molecular complexity index is 390.